The van der Waals surface area contributed by atoms with Gasteiger partial charge in [-0.1, -0.05) is 52.8 Å². The molecule has 0 saturated heterocycles. The lowest BCUT2D eigenvalue weighted by Gasteiger charge is -2.54. The first-order valence-corrected chi connectivity index (χ1v) is 8.53. The molecule has 1 aromatic rings. The van der Waals surface area contributed by atoms with Crippen molar-refractivity contribution in [1.29, 1.82) is 0 Å². The predicted octanol–water partition coefficient (Wildman–Crippen LogP) is 4.51. The number of hydrogen-bond acceptors (Lipinski definition) is 2. The Morgan fingerprint density at radius 1 is 1.23 bits per heavy atom. The Morgan fingerprint density at radius 3 is 2.55 bits per heavy atom. The topological polar surface area (TPSA) is 37.3 Å². The van der Waals surface area contributed by atoms with Gasteiger partial charge in [0.2, 0.25) is 0 Å². The minimum absolute atomic E-state index is 0.00147. The van der Waals surface area contributed by atoms with Crippen molar-refractivity contribution in [3.8, 4) is 0 Å². The molecule has 3 unspecified atom stereocenters. The molecular formula is C20H28O2. The van der Waals surface area contributed by atoms with E-state index in [1.165, 1.54) is 11.1 Å². The summed E-state index contributed by atoms with van der Waals surface area (Å²) in [5.41, 5.74) is 3.30. The smallest absolute Gasteiger partial charge is 0.138 e. The molecular weight excluding hydrogens is 272 g/mol. The van der Waals surface area contributed by atoms with Crippen LogP contribution in [0.15, 0.2) is 18.2 Å². The van der Waals surface area contributed by atoms with E-state index in [4.69, 9.17) is 0 Å². The van der Waals surface area contributed by atoms with Crippen LogP contribution in [0.4, 0.5) is 0 Å². The molecule has 120 valence electrons. The highest BCUT2D eigenvalue weighted by molar-refractivity contribution is 5.86. The second-order valence-electron chi connectivity index (χ2n) is 8.37. The van der Waals surface area contributed by atoms with E-state index in [9.17, 15) is 9.90 Å². The van der Waals surface area contributed by atoms with Crippen LogP contribution in [0.25, 0.3) is 0 Å². The van der Waals surface area contributed by atoms with Crippen LogP contribution in [-0.4, -0.2) is 10.9 Å². The van der Waals surface area contributed by atoms with E-state index in [1.54, 1.807) is 0 Å². The van der Waals surface area contributed by atoms with Crippen LogP contribution in [0, 0.1) is 11.3 Å². The van der Waals surface area contributed by atoms with E-state index in [1.807, 2.05) is 0 Å². The van der Waals surface area contributed by atoms with Gasteiger partial charge in [0, 0.05) is 11.8 Å². The molecule has 1 saturated carbocycles. The number of carbonyl (C=O) groups excluding carboxylic acids is 1. The normalized spacial score (nSPS) is 33.5. The minimum Gasteiger partial charge on any atom is -0.388 e. The third kappa shape index (κ3) is 2.07. The van der Waals surface area contributed by atoms with E-state index in [0.717, 1.165) is 12.0 Å². The van der Waals surface area contributed by atoms with Crippen LogP contribution >= 0.6 is 0 Å². The van der Waals surface area contributed by atoms with Crippen LogP contribution in [0.1, 0.15) is 82.6 Å². The van der Waals surface area contributed by atoms with Gasteiger partial charge in [-0.05, 0) is 46.8 Å². The zero-order chi connectivity index (χ0) is 16.3. The van der Waals surface area contributed by atoms with Gasteiger partial charge in [0.15, 0.2) is 0 Å². The molecule has 0 aliphatic heterocycles. The fraction of sp³-hybridized carbons (Fsp3) is 0.650. The van der Waals surface area contributed by atoms with Crippen LogP contribution < -0.4 is 0 Å². The van der Waals surface area contributed by atoms with Gasteiger partial charge in [-0.2, -0.15) is 0 Å². The average Bonchev–Trinajstić information content (AvgIpc) is 2.46. The Balaban J connectivity index is 2.14. The molecule has 1 fully saturated rings. The SMILES string of the molecule is CC(C)c1ccc2c(c1)C(O)CC1C(C)(C)C(=O)CCC21C. The number of hydrogen-bond donors (Lipinski definition) is 1. The molecule has 0 spiro atoms. The molecule has 0 radical (unpaired) electrons. The van der Waals surface area contributed by atoms with Crippen molar-refractivity contribution in [1.82, 2.24) is 0 Å². The van der Waals surface area contributed by atoms with Crippen molar-refractivity contribution in [2.24, 2.45) is 11.3 Å². The van der Waals surface area contributed by atoms with Gasteiger partial charge in [-0.25, -0.2) is 0 Å². The summed E-state index contributed by atoms with van der Waals surface area (Å²) in [4.78, 5) is 12.4. The van der Waals surface area contributed by atoms with Gasteiger partial charge in [0.05, 0.1) is 6.10 Å². The van der Waals surface area contributed by atoms with Gasteiger partial charge in [0.1, 0.15) is 5.78 Å². The van der Waals surface area contributed by atoms with Crippen LogP contribution in [0.2, 0.25) is 0 Å². The summed E-state index contributed by atoms with van der Waals surface area (Å²) < 4.78 is 0. The number of fused-ring (bicyclic) bond motifs is 3. The number of rotatable bonds is 1. The number of aliphatic hydroxyl groups is 1. The predicted molar refractivity (Wildman–Crippen MR) is 89.0 cm³/mol. The highest BCUT2D eigenvalue weighted by Crippen LogP contribution is 2.58. The molecule has 1 N–H and O–H groups in total. The van der Waals surface area contributed by atoms with E-state index in [-0.39, 0.29) is 16.7 Å². The average molecular weight is 300 g/mol. The lowest BCUT2D eigenvalue weighted by molar-refractivity contribution is -0.138. The molecule has 0 bridgehead atoms. The van der Waals surface area contributed by atoms with Crippen LogP contribution in [0.3, 0.4) is 0 Å². The first-order valence-electron chi connectivity index (χ1n) is 8.53. The molecule has 2 nitrogen and oxygen atoms in total. The summed E-state index contributed by atoms with van der Waals surface area (Å²) in [7, 11) is 0. The Hall–Kier alpha value is -1.15. The zero-order valence-corrected chi connectivity index (χ0v) is 14.4. The molecule has 2 heteroatoms. The highest BCUT2D eigenvalue weighted by atomic mass is 16.3. The fourth-order valence-electron chi connectivity index (χ4n) is 4.82. The molecule has 3 rings (SSSR count). The Bertz CT molecular complexity index is 614. The second kappa shape index (κ2) is 4.92. The number of Topliss-reactive ketones (excluding diaryl/α,β-unsaturated/α-hetero) is 1. The monoisotopic (exact) mass is 300 g/mol. The molecule has 0 heterocycles. The van der Waals surface area contributed by atoms with Crippen molar-refractivity contribution < 1.29 is 9.90 Å². The number of ketones is 1. The Kier molecular flexibility index (Phi) is 3.52. The zero-order valence-electron chi connectivity index (χ0n) is 14.4. The van der Waals surface area contributed by atoms with E-state index < -0.39 is 6.10 Å². The number of aliphatic hydroxyl groups excluding tert-OH is 1. The lowest BCUT2D eigenvalue weighted by atomic mass is 9.49. The molecule has 0 amide bonds. The summed E-state index contributed by atoms with van der Waals surface area (Å²) >= 11 is 0. The standard InChI is InChI=1S/C20H28O2/c1-12(2)13-6-7-15-14(10-13)16(21)11-17-19(3,4)18(22)8-9-20(15,17)5/h6-7,10,12,16-17,21H,8-9,11H2,1-5H3. The quantitative estimate of drug-likeness (QED) is 0.828. The van der Waals surface area contributed by atoms with Gasteiger partial charge < -0.3 is 5.11 Å². The summed E-state index contributed by atoms with van der Waals surface area (Å²) in [6, 6.07) is 6.61. The van der Waals surface area contributed by atoms with E-state index >= 15 is 0 Å². The fourth-order valence-corrected chi connectivity index (χ4v) is 4.82. The van der Waals surface area contributed by atoms with Crippen LogP contribution in [-0.2, 0) is 10.2 Å². The summed E-state index contributed by atoms with van der Waals surface area (Å²) in [5, 5.41) is 10.7. The van der Waals surface area contributed by atoms with Gasteiger partial charge >= 0.3 is 0 Å². The van der Waals surface area contributed by atoms with E-state index in [2.05, 4.69) is 52.8 Å². The molecule has 3 atom stereocenters. The molecule has 22 heavy (non-hydrogen) atoms. The third-order valence-corrected chi connectivity index (χ3v) is 6.41. The third-order valence-electron chi connectivity index (χ3n) is 6.41. The van der Waals surface area contributed by atoms with Gasteiger partial charge in [-0.3, -0.25) is 4.79 Å². The largest absolute Gasteiger partial charge is 0.388 e. The Morgan fingerprint density at radius 2 is 1.91 bits per heavy atom. The maximum atomic E-state index is 12.4. The van der Waals surface area contributed by atoms with Crippen molar-refractivity contribution in [2.45, 2.75) is 71.3 Å². The van der Waals surface area contributed by atoms with Crippen molar-refractivity contribution in [2.75, 3.05) is 0 Å². The number of carbonyl (C=O) groups is 1. The maximum absolute atomic E-state index is 12.4. The summed E-state index contributed by atoms with van der Waals surface area (Å²) in [6.07, 6.45) is 1.81. The maximum Gasteiger partial charge on any atom is 0.138 e. The van der Waals surface area contributed by atoms with Gasteiger partial charge in [0.25, 0.3) is 0 Å². The first kappa shape index (κ1) is 15.7. The first-order chi connectivity index (χ1) is 10.2. The molecule has 0 aromatic heterocycles. The molecule has 1 aromatic carbocycles. The summed E-state index contributed by atoms with van der Waals surface area (Å²) in [5.74, 6) is 1.03. The van der Waals surface area contributed by atoms with Crippen molar-refractivity contribution in [3.05, 3.63) is 34.9 Å². The minimum atomic E-state index is -0.447. The molecule has 2 aliphatic rings. The van der Waals surface area contributed by atoms with E-state index in [0.29, 0.717) is 24.5 Å². The van der Waals surface area contributed by atoms with Crippen LogP contribution in [0.5, 0.6) is 0 Å². The highest BCUT2D eigenvalue weighted by Gasteiger charge is 2.55. The molecule has 2 aliphatic carbocycles. The Labute approximate surface area is 133 Å². The summed E-state index contributed by atoms with van der Waals surface area (Å²) in [6.45, 7) is 10.8. The second-order valence-corrected chi connectivity index (χ2v) is 8.37. The lowest BCUT2D eigenvalue weighted by Crippen LogP contribution is -2.52. The van der Waals surface area contributed by atoms with Gasteiger partial charge in [-0.15, -0.1) is 0 Å². The number of benzene rings is 1. The van der Waals surface area contributed by atoms with Crippen molar-refractivity contribution in [3.63, 3.8) is 0 Å². The van der Waals surface area contributed by atoms with Crippen molar-refractivity contribution >= 4 is 5.78 Å².